The van der Waals surface area contributed by atoms with Gasteiger partial charge in [-0.1, -0.05) is 11.3 Å². The molecule has 2 aliphatic heterocycles. The van der Waals surface area contributed by atoms with Crippen LogP contribution in [0.25, 0.3) is 10.3 Å². The van der Waals surface area contributed by atoms with Gasteiger partial charge < -0.3 is 19.6 Å². The van der Waals surface area contributed by atoms with Crippen molar-refractivity contribution in [3.05, 3.63) is 40.9 Å². The van der Waals surface area contributed by atoms with E-state index in [4.69, 9.17) is 4.74 Å². The number of benzene rings is 1. The van der Waals surface area contributed by atoms with Crippen LogP contribution in [0.1, 0.15) is 43.2 Å². The van der Waals surface area contributed by atoms with E-state index in [2.05, 4.69) is 9.97 Å². The number of rotatable bonds is 10. The third kappa shape index (κ3) is 5.70. The fourth-order valence-electron chi connectivity index (χ4n) is 6.05. The first kappa shape index (κ1) is 29.5. The fraction of sp³-hybridized carbons (Fsp3) is 0.483. The van der Waals surface area contributed by atoms with E-state index in [1.165, 1.54) is 35.7 Å². The van der Waals surface area contributed by atoms with E-state index >= 15 is 0 Å². The summed E-state index contributed by atoms with van der Waals surface area (Å²) in [6.07, 6.45) is 2.18. The highest BCUT2D eigenvalue weighted by Gasteiger charge is 2.50. The average molecular weight is 628 g/mol. The molecule has 43 heavy (non-hydrogen) atoms. The summed E-state index contributed by atoms with van der Waals surface area (Å²) in [6.45, 7) is 2.87. The number of hydrogen-bond donors (Lipinski definition) is 1. The number of carboxylic acid groups (broad SMARTS) is 1. The van der Waals surface area contributed by atoms with E-state index < -0.39 is 21.4 Å². The van der Waals surface area contributed by atoms with Gasteiger partial charge in [-0.05, 0) is 55.0 Å². The lowest BCUT2D eigenvalue weighted by molar-refractivity contribution is -0.137. The van der Waals surface area contributed by atoms with Crippen molar-refractivity contribution in [2.45, 2.75) is 49.3 Å². The first-order valence-electron chi connectivity index (χ1n) is 14.2. The highest BCUT2D eigenvalue weighted by molar-refractivity contribution is 7.89. The molecule has 3 aromatic rings. The molecule has 2 fully saturated rings. The van der Waals surface area contributed by atoms with E-state index in [-0.39, 0.29) is 48.6 Å². The number of sulfonamides is 1. The van der Waals surface area contributed by atoms with Crippen molar-refractivity contribution in [1.82, 2.24) is 19.2 Å². The Morgan fingerprint density at radius 1 is 1.16 bits per heavy atom. The minimum atomic E-state index is -4.00. The minimum Gasteiger partial charge on any atom is -0.481 e. The number of aliphatic carboxylic acids is 1. The van der Waals surface area contributed by atoms with Crippen LogP contribution in [0.2, 0.25) is 0 Å². The highest BCUT2D eigenvalue weighted by Crippen LogP contribution is 2.48. The number of likely N-dealkylation sites (tertiary alicyclic amines) is 1. The van der Waals surface area contributed by atoms with Crippen LogP contribution >= 0.6 is 11.3 Å². The zero-order valence-electron chi connectivity index (χ0n) is 24.0. The number of ether oxygens (including phenoxy) is 1. The number of anilines is 1. The van der Waals surface area contributed by atoms with Crippen LogP contribution in [0.5, 0.6) is 5.88 Å². The quantitative estimate of drug-likeness (QED) is 0.358. The molecule has 6 rings (SSSR count). The van der Waals surface area contributed by atoms with E-state index in [0.29, 0.717) is 58.5 Å². The van der Waals surface area contributed by atoms with E-state index in [0.717, 1.165) is 12.8 Å². The van der Waals surface area contributed by atoms with Crippen LogP contribution in [-0.2, 0) is 36.2 Å². The molecule has 1 aliphatic carbocycles. The Labute approximate surface area is 253 Å². The van der Waals surface area contributed by atoms with Crippen molar-refractivity contribution in [3.63, 3.8) is 0 Å². The van der Waals surface area contributed by atoms with Gasteiger partial charge in [0.1, 0.15) is 15.4 Å². The second-order valence-corrected chi connectivity index (χ2v) is 14.5. The lowest BCUT2D eigenvalue weighted by atomic mass is 9.81. The molecule has 0 radical (unpaired) electrons. The lowest BCUT2D eigenvalue weighted by Crippen LogP contribution is -2.40. The molecule has 228 valence electrons. The smallest absolute Gasteiger partial charge is 0.304 e. The van der Waals surface area contributed by atoms with Crippen LogP contribution < -0.4 is 9.64 Å². The Morgan fingerprint density at radius 2 is 1.95 bits per heavy atom. The van der Waals surface area contributed by atoms with Crippen molar-refractivity contribution in [2.24, 2.45) is 5.92 Å². The van der Waals surface area contributed by atoms with Gasteiger partial charge in [0.15, 0.2) is 0 Å². The van der Waals surface area contributed by atoms with Crippen molar-refractivity contribution >= 4 is 55.2 Å². The van der Waals surface area contributed by atoms with Crippen molar-refractivity contribution in [3.8, 4) is 5.88 Å². The SMILES string of the molecule is COc1ccc2nc(CC(=O)N3CC4(CCN(C(C)=O)C4)c4cc(S(=O)(=O)N(CCC(=O)O)CC5CC5)ccc43)sc2n1. The van der Waals surface area contributed by atoms with Crippen molar-refractivity contribution in [1.29, 1.82) is 0 Å². The van der Waals surface area contributed by atoms with Gasteiger partial charge in [0, 0.05) is 56.8 Å². The number of pyridine rings is 1. The first-order valence-corrected chi connectivity index (χ1v) is 16.5. The number of hydrogen-bond acceptors (Lipinski definition) is 9. The number of methoxy groups -OCH3 is 1. The number of carboxylic acids is 1. The van der Waals surface area contributed by atoms with Crippen LogP contribution in [0.15, 0.2) is 35.2 Å². The summed E-state index contributed by atoms with van der Waals surface area (Å²) in [6, 6.07) is 8.32. The second kappa shape index (κ2) is 11.1. The van der Waals surface area contributed by atoms with E-state index in [1.807, 2.05) is 0 Å². The maximum atomic E-state index is 13.8. The number of nitrogens with zero attached hydrogens (tertiary/aromatic N) is 5. The lowest BCUT2D eigenvalue weighted by Gasteiger charge is -2.26. The van der Waals surface area contributed by atoms with E-state index in [1.54, 1.807) is 34.1 Å². The summed E-state index contributed by atoms with van der Waals surface area (Å²) in [4.78, 5) is 50.5. The number of aromatic nitrogens is 2. The summed E-state index contributed by atoms with van der Waals surface area (Å²) in [7, 11) is -2.46. The minimum absolute atomic E-state index is 0.0414. The van der Waals surface area contributed by atoms with Crippen LogP contribution in [0.4, 0.5) is 5.69 Å². The molecule has 2 amide bonds. The fourth-order valence-corrected chi connectivity index (χ4v) is 8.51. The van der Waals surface area contributed by atoms with Crippen molar-refractivity contribution in [2.75, 3.05) is 44.7 Å². The Balaban J connectivity index is 1.33. The molecule has 4 heterocycles. The molecule has 1 N–H and O–H groups in total. The third-order valence-electron chi connectivity index (χ3n) is 8.55. The molecule has 1 saturated heterocycles. The molecule has 2 aromatic heterocycles. The van der Waals surface area contributed by atoms with Crippen LogP contribution in [0, 0.1) is 5.92 Å². The van der Waals surface area contributed by atoms with Gasteiger partial charge in [-0.25, -0.2) is 18.4 Å². The highest BCUT2D eigenvalue weighted by atomic mass is 32.2. The summed E-state index contributed by atoms with van der Waals surface area (Å²) in [5, 5.41) is 9.84. The topological polar surface area (TPSA) is 150 Å². The summed E-state index contributed by atoms with van der Waals surface area (Å²) >= 11 is 1.32. The molecule has 1 aromatic carbocycles. The Hall–Kier alpha value is -3.62. The molecule has 12 nitrogen and oxygen atoms in total. The van der Waals surface area contributed by atoms with Gasteiger partial charge in [-0.2, -0.15) is 4.31 Å². The number of fused-ring (bicyclic) bond motifs is 3. The second-order valence-electron chi connectivity index (χ2n) is 11.5. The number of carbonyl (C=O) groups is 3. The molecule has 0 bridgehead atoms. The Kier molecular flexibility index (Phi) is 7.63. The Morgan fingerprint density at radius 3 is 2.63 bits per heavy atom. The molecular formula is C29H33N5O7S2. The first-order chi connectivity index (χ1) is 20.5. The third-order valence-corrected chi connectivity index (χ3v) is 11.4. The largest absolute Gasteiger partial charge is 0.481 e. The predicted octanol–water partition coefficient (Wildman–Crippen LogP) is 2.65. The molecule has 1 spiro atoms. The van der Waals surface area contributed by atoms with Gasteiger partial charge in [0.25, 0.3) is 0 Å². The van der Waals surface area contributed by atoms with Gasteiger partial charge >= 0.3 is 5.97 Å². The van der Waals surface area contributed by atoms with Gasteiger partial charge in [0.2, 0.25) is 27.7 Å². The van der Waals surface area contributed by atoms with Crippen LogP contribution in [0.3, 0.4) is 0 Å². The van der Waals surface area contributed by atoms with Gasteiger partial charge in [-0.3, -0.25) is 14.4 Å². The maximum Gasteiger partial charge on any atom is 0.304 e. The van der Waals surface area contributed by atoms with Crippen LogP contribution in [-0.4, -0.2) is 90.3 Å². The molecular weight excluding hydrogens is 594 g/mol. The average Bonchev–Trinajstić information content (AvgIpc) is 3.41. The monoisotopic (exact) mass is 627 g/mol. The number of amides is 2. The zero-order chi connectivity index (χ0) is 30.5. The van der Waals surface area contributed by atoms with Gasteiger partial charge in [0.05, 0.1) is 24.8 Å². The Bertz CT molecular complexity index is 1720. The van der Waals surface area contributed by atoms with Gasteiger partial charge in [-0.15, -0.1) is 0 Å². The number of thiazole rings is 1. The summed E-state index contributed by atoms with van der Waals surface area (Å²) in [5.74, 6) is -0.622. The molecule has 1 saturated carbocycles. The standard InChI is InChI=1S/C29H33N5O7S2/c1-18(35)32-12-10-29(16-32)17-34(26(36)14-25-30-22-6-8-24(41-2)31-28(22)42-25)23-7-5-20(13-21(23)29)43(39,40)33(11-9-27(37)38)15-19-3-4-19/h5-8,13,19H,3-4,9-12,14-17H2,1-2H3,(H,37,38). The normalized spacial score (nSPS) is 19.9. The summed E-state index contributed by atoms with van der Waals surface area (Å²) < 4.78 is 34.1. The van der Waals surface area contributed by atoms with E-state index in [9.17, 15) is 27.9 Å². The summed E-state index contributed by atoms with van der Waals surface area (Å²) in [5.41, 5.74) is 1.39. The maximum absolute atomic E-state index is 13.8. The molecule has 14 heteroatoms. The molecule has 1 unspecified atom stereocenters. The number of carbonyl (C=O) groups excluding carboxylic acids is 2. The zero-order valence-corrected chi connectivity index (χ0v) is 25.6. The predicted molar refractivity (Wildman–Crippen MR) is 159 cm³/mol. The molecule has 1 atom stereocenters. The molecule has 3 aliphatic rings. The van der Waals surface area contributed by atoms with Crippen molar-refractivity contribution < 1.29 is 32.6 Å².